The van der Waals surface area contributed by atoms with Gasteiger partial charge in [-0.15, -0.1) is 0 Å². The maximum atomic E-state index is 6.14. The van der Waals surface area contributed by atoms with Crippen molar-refractivity contribution in [2.24, 2.45) is 0 Å². The molecule has 0 saturated carbocycles. The van der Waals surface area contributed by atoms with E-state index in [0.717, 1.165) is 24.4 Å². The first-order valence-corrected chi connectivity index (χ1v) is 8.03. The number of aryl methyl sites for hydroxylation is 2. The van der Waals surface area contributed by atoms with Crippen LogP contribution in [0.25, 0.3) is 0 Å². The van der Waals surface area contributed by atoms with E-state index in [1.54, 1.807) is 0 Å². The normalized spacial score (nSPS) is 12.4. The second kappa shape index (κ2) is 7.63. The maximum absolute atomic E-state index is 6.14. The van der Waals surface area contributed by atoms with Crippen molar-refractivity contribution in [2.45, 2.75) is 39.7 Å². The molecule has 112 valence electrons. The SMILES string of the molecule is CCCNC(Cc1ccc(C)c(C)c1)c1cccc(Cl)c1. The van der Waals surface area contributed by atoms with Gasteiger partial charge in [0.1, 0.15) is 0 Å². The minimum atomic E-state index is 0.311. The van der Waals surface area contributed by atoms with E-state index in [1.807, 2.05) is 12.1 Å². The molecular formula is C19H24ClN. The number of halogens is 1. The van der Waals surface area contributed by atoms with Crippen LogP contribution in [0.1, 0.15) is 41.6 Å². The van der Waals surface area contributed by atoms with Gasteiger partial charge < -0.3 is 5.32 Å². The zero-order chi connectivity index (χ0) is 15.2. The zero-order valence-electron chi connectivity index (χ0n) is 13.1. The van der Waals surface area contributed by atoms with Crippen molar-refractivity contribution in [2.75, 3.05) is 6.54 Å². The summed E-state index contributed by atoms with van der Waals surface area (Å²) in [6, 6.07) is 15.2. The van der Waals surface area contributed by atoms with Crippen LogP contribution in [0.3, 0.4) is 0 Å². The van der Waals surface area contributed by atoms with Crippen molar-refractivity contribution in [3.05, 3.63) is 69.7 Å². The summed E-state index contributed by atoms with van der Waals surface area (Å²) >= 11 is 6.14. The van der Waals surface area contributed by atoms with E-state index in [4.69, 9.17) is 11.6 Å². The summed E-state index contributed by atoms with van der Waals surface area (Å²) in [6.07, 6.45) is 2.12. The predicted octanol–water partition coefficient (Wildman–Crippen LogP) is 5.24. The van der Waals surface area contributed by atoms with Crippen molar-refractivity contribution >= 4 is 11.6 Å². The Kier molecular flexibility index (Phi) is 5.84. The summed E-state index contributed by atoms with van der Waals surface area (Å²) in [5, 5.41) is 4.44. The van der Waals surface area contributed by atoms with Crippen LogP contribution >= 0.6 is 11.6 Å². The molecule has 0 aliphatic carbocycles. The highest BCUT2D eigenvalue weighted by Crippen LogP contribution is 2.22. The molecule has 0 aliphatic heterocycles. The average molecular weight is 302 g/mol. The molecule has 0 amide bonds. The summed E-state index contributed by atoms with van der Waals surface area (Å²) in [7, 11) is 0. The average Bonchev–Trinajstić information content (AvgIpc) is 2.47. The first-order valence-electron chi connectivity index (χ1n) is 7.65. The van der Waals surface area contributed by atoms with Crippen LogP contribution in [0.15, 0.2) is 42.5 Å². The van der Waals surface area contributed by atoms with Crippen LogP contribution in [-0.2, 0) is 6.42 Å². The minimum Gasteiger partial charge on any atom is -0.310 e. The number of benzene rings is 2. The number of hydrogen-bond donors (Lipinski definition) is 1. The van der Waals surface area contributed by atoms with Crippen LogP contribution in [0.2, 0.25) is 5.02 Å². The fraction of sp³-hybridized carbons (Fsp3) is 0.368. The van der Waals surface area contributed by atoms with Crippen molar-refractivity contribution in [1.29, 1.82) is 0 Å². The Morgan fingerprint density at radius 1 is 1.05 bits per heavy atom. The van der Waals surface area contributed by atoms with Crippen LogP contribution in [0.5, 0.6) is 0 Å². The molecule has 1 unspecified atom stereocenters. The molecule has 0 saturated heterocycles. The molecule has 0 fully saturated rings. The summed E-state index contributed by atoms with van der Waals surface area (Å²) in [6.45, 7) is 7.54. The Morgan fingerprint density at radius 2 is 1.86 bits per heavy atom. The molecule has 2 rings (SSSR count). The quantitative estimate of drug-likeness (QED) is 0.769. The molecule has 2 heteroatoms. The summed E-state index contributed by atoms with van der Waals surface area (Å²) in [4.78, 5) is 0. The lowest BCUT2D eigenvalue weighted by molar-refractivity contribution is 0.529. The minimum absolute atomic E-state index is 0.311. The van der Waals surface area contributed by atoms with Gasteiger partial charge in [-0.3, -0.25) is 0 Å². The van der Waals surface area contributed by atoms with E-state index in [-0.39, 0.29) is 0 Å². The monoisotopic (exact) mass is 301 g/mol. The first-order chi connectivity index (χ1) is 10.1. The number of rotatable bonds is 6. The lowest BCUT2D eigenvalue weighted by Crippen LogP contribution is -2.24. The zero-order valence-corrected chi connectivity index (χ0v) is 13.9. The lowest BCUT2D eigenvalue weighted by atomic mass is 9.96. The molecule has 1 atom stereocenters. The highest BCUT2D eigenvalue weighted by molar-refractivity contribution is 6.30. The highest BCUT2D eigenvalue weighted by atomic mass is 35.5. The van der Waals surface area contributed by atoms with Gasteiger partial charge in [-0.1, -0.05) is 48.9 Å². The topological polar surface area (TPSA) is 12.0 Å². The van der Waals surface area contributed by atoms with Crippen LogP contribution in [0, 0.1) is 13.8 Å². The van der Waals surface area contributed by atoms with E-state index in [1.165, 1.54) is 22.3 Å². The molecule has 0 heterocycles. The van der Waals surface area contributed by atoms with Gasteiger partial charge in [0.15, 0.2) is 0 Å². The van der Waals surface area contributed by atoms with Crippen molar-refractivity contribution in [3.8, 4) is 0 Å². The highest BCUT2D eigenvalue weighted by Gasteiger charge is 2.12. The van der Waals surface area contributed by atoms with Crippen LogP contribution < -0.4 is 5.32 Å². The standard InChI is InChI=1S/C19H24ClN/c1-4-10-21-19(17-6-5-7-18(20)13-17)12-16-9-8-14(2)15(3)11-16/h5-9,11,13,19,21H,4,10,12H2,1-3H3. The third kappa shape index (κ3) is 4.59. The summed E-state index contributed by atoms with van der Waals surface area (Å²) in [5.41, 5.74) is 5.33. The van der Waals surface area contributed by atoms with E-state index in [2.05, 4.69) is 56.4 Å². The van der Waals surface area contributed by atoms with Gasteiger partial charge in [-0.05, 0) is 67.6 Å². The van der Waals surface area contributed by atoms with E-state index in [9.17, 15) is 0 Å². The van der Waals surface area contributed by atoms with Gasteiger partial charge in [-0.25, -0.2) is 0 Å². The molecule has 2 aromatic rings. The molecule has 0 bridgehead atoms. The molecule has 21 heavy (non-hydrogen) atoms. The fourth-order valence-electron chi connectivity index (χ4n) is 2.52. The molecule has 0 aromatic heterocycles. The fourth-order valence-corrected chi connectivity index (χ4v) is 2.71. The molecule has 0 radical (unpaired) electrons. The Hall–Kier alpha value is -1.31. The van der Waals surface area contributed by atoms with E-state index in [0.29, 0.717) is 6.04 Å². The molecular weight excluding hydrogens is 278 g/mol. The van der Waals surface area contributed by atoms with Crippen LogP contribution in [0.4, 0.5) is 0 Å². The van der Waals surface area contributed by atoms with Gasteiger partial charge in [0.2, 0.25) is 0 Å². The van der Waals surface area contributed by atoms with Gasteiger partial charge in [0, 0.05) is 11.1 Å². The molecule has 1 nitrogen and oxygen atoms in total. The largest absolute Gasteiger partial charge is 0.310 e. The van der Waals surface area contributed by atoms with Gasteiger partial charge in [-0.2, -0.15) is 0 Å². The molecule has 0 spiro atoms. The second-order valence-corrected chi connectivity index (χ2v) is 6.12. The lowest BCUT2D eigenvalue weighted by Gasteiger charge is -2.20. The van der Waals surface area contributed by atoms with E-state index < -0.39 is 0 Å². The maximum Gasteiger partial charge on any atom is 0.0409 e. The van der Waals surface area contributed by atoms with Crippen molar-refractivity contribution in [3.63, 3.8) is 0 Å². The number of hydrogen-bond acceptors (Lipinski definition) is 1. The van der Waals surface area contributed by atoms with Crippen LogP contribution in [-0.4, -0.2) is 6.54 Å². The van der Waals surface area contributed by atoms with Crippen molar-refractivity contribution < 1.29 is 0 Å². The first kappa shape index (κ1) is 16.1. The van der Waals surface area contributed by atoms with Crippen molar-refractivity contribution in [1.82, 2.24) is 5.32 Å². The van der Waals surface area contributed by atoms with Gasteiger partial charge in [0.05, 0.1) is 0 Å². The third-order valence-corrected chi connectivity index (χ3v) is 4.14. The Bertz CT molecular complexity index is 592. The number of nitrogens with one attached hydrogen (secondary N) is 1. The third-order valence-electron chi connectivity index (χ3n) is 3.90. The summed E-state index contributed by atoms with van der Waals surface area (Å²) in [5.74, 6) is 0. The molecule has 2 aromatic carbocycles. The Labute approximate surface area is 133 Å². The second-order valence-electron chi connectivity index (χ2n) is 5.68. The molecule has 1 N–H and O–H groups in total. The predicted molar refractivity (Wildman–Crippen MR) is 92.1 cm³/mol. The summed E-state index contributed by atoms with van der Waals surface area (Å²) < 4.78 is 0. The van der Waals surface area contributed by atoms with E-state index >= 15 is 0 Å². The Morgan fingerprint density at radius 3 is 2.52 bits per heavy atom. The Balaban J connectivity index is 2.21. The smallest absolute Gasteiger partial charge is 0.0409 e. The molecule has 0 aliphatic rings. The van der Waals surface area contributed by atoms with Gasteiger partial charge in [0.25, 0.3) is 0 Å². The van der Waals surface area contributed by atoms with Gasteiger partial charge >= 0.3 is 0 Å².